The van der Waals surface area contributed by atoms with Gasteiger partial charge in [0.05, 0.1) is 5.54 Å². The molecule has 1 aliphatic heterocycles. The highest BCUT2D eigenvalue weighted by atomic mass is 15.2. The second kappa shape index (κ2) is 2.25. The first-order valence-corrected chi connectivity index (χ1v) is 3.10. The molecule has 4 heteroatoms. The minimum atomic E-state index is -0.0885. The summed E-state index contributed by atoms with van der Waals surface area (Å²) < 4.78 is 0. The number of rotatable bonds is 2. The molecule has 4 nitrogen and oxygen atoms in total. The number of azide groups is 1. The van der Waals surface area contributed by atoms with Crippen molar-refractivity contribution in [2.24, 2.45) is 5.11 Å². The average molecular weight is 126 g/mol. The monoisotopic (exact) mass is 126 g/mol. The summed E-state index contributed by atoms with van der Waals surface area (Å²) in [7, 11) is 0. The van der Waals surface area contributed by atoms with Crippen LogP contribution in [0.1, 0.15) is 13.3 Å². The van der Waals surface area contributed by atoms with E-state index in [0.717, 1.165) is 19.5 Å². The van der Waals surface area contributed by atoms with Crippen LogP contribution in [0.15, 0.2) is 5.11 Å². The van der Waals surface area contributed by atoms with Crippen molar-refractivity contribution in [3.63, 3.8) is 0 Å². The number of nitrogens with zero attached hydrogens (tertiary/aromatic N) is 3. The molecule has 9 heavy (non-hydrogen) atoms. The lowest BCUT2D eigenvalue weighted by atomic mass is 9.91. The molecule has 0 radical (unpaired) electrons. The summed E-state index contributed by atoms with van der Waals surface area (Å²) in [6.07, 6.45) is 0.935. The molecule has 0 aromatic carbocycles. The van der Waals surface area contributed by atoms with Crippen molar-refractivity contribution in [2.75, 3.05) is 13.1 Å². The summed E-state index contributed by atoms with van der Waals surface area (Å²) in [5.74, 6) is 0. The van der Waals surface area contributed by atoms with Gasteiger partial charge in [-0.05, 0) is 12.0 Å². The maximum Gasteiger partial charge on any atom is 0.0733 e. The third-order valence-corrected chi connectivity index (χ3v) is 1.82. The quantitative estimate of drug-likeness (QED) is 0.335. The Bertz CT molecular complexity index is 138. The molecule has 0 aromatic rings. The first-order valence-electron chi connectivity index (χ1n) is 3.10. The van der Waals surface area contributed by atoms with Crippen molar-refractivity contribution >= 4 is 0 Å². The van der Waals surface area contributed by atoms with E-state index in [4.69, 9.17) is 5.53 Å². The van der Waals surface area contributed by atoms with Crippen LogP contribution in [-0.2, 0) is 0 Å². The fourth-order valence-electron chi connectivity index (χ4n) is 0.900. The van der Waals surface area contributed by atoms with Crippen LogP contribution in [-0.4, -0.2) is 18.6 Å². The molecule has 1 saturated heterocycles. The van der Waals surface area contributed by atoms with E-state index in [-0.39, 0.29) is 5.54 Å². The van der Waals surface area contributed by atoms with Gasteiger partial charge in [0.1, 0.15) is 0 Å². The smallest absolute Gasteiger partial charge is 0.0733 e. The van der Waals surface area contributed by atoms with Crippen molar-refractivity contribution < 1.29 is 0 Å². The molecule has 0 atom stereocenters. The molecule has 0 bridgehead atoms. The lowest BCUT2D eigenvalue weighted by Crippen LogP contribution is -2.57. The Hall–Kier alpha value is -0.730. The van der Waals surface area contributed by atoms with Crippen LogP contribution in [0.5, 0.6) is 0 Å². The summed E-state index contributed by atoms with van der Waals surface area (Å²) in [5.41, 5.74) is 8.04. The van der Waals surface area contributed by atoms with Crippen LogP contribution < -0.4 is 5.32 Å². The van der Waals surface area contributed by atoms with E-state index in [9.17, 15) is 0 Å². The Balaban J connectivity index is 2.56. The molecule has 50 valence electrons. The van der Waals surface area contributed by atoms with Gasteiger partial charge in [0, 0.05) is 18.0 Å². The second-order valence-corrected chi connectivity index (χ2v) is 2.37. The summed E-state index contributed by atoms with van der Waals surface area (Å²) >= 11 is 0. The molecule has 1 rings (SSSR count). The minimum Gasteiger partial charge on any atom is -0.315 e. The molecule has 1 aliphatic rings. The molecule has 0 aliphatic carbocycles. The zero-order chi connectivity index (χ0) is 6.74. The maximum absolute atomic E-state index is 8.13. The summed E-state index contributed by atoms with van der Waals surface area (Å²) in [5, 5.41) is 6.77. The molecular formula is C5H10N4. The molecule has 0 aromatic heterocycles. The van der Waals surface area contributed by atoms with E-state index in [1.807, 2.05) is 6.92 Å². The van der Waals surface area contributed by atoms with Gasteiger partial charge in [0.15, 0.2) is 0 Å². The maximum atomic E-state index is 8.13. The topological polar surface area (TPSA) is 60.8 Å². The van der Waals surface area contributed by atoms with Gasteiger partial charge in [-0.2, -0.15) is 0 Å². The molecule has 0 amide bonds. The number of nitrogens with one attached hydrogen (secondary N) is 1. The molecule has 1 N–H and O–H groups in total. The van der Waals surface area contributed by atoms with E-state index in [2.05, 4.69) is 15.3 Å². The van der Waals surface area contributed by atoms with Crippen molar-refractivity contribution in [1.82, 2.24) is 5.32 Å². The normalized spacial score (nSPS) is 21.9. The fraction of sp³-hybridized carbons (Fsp3) is 1.00. The highest BCUT2D eigenvalue weighted by molar-refractivity contribution is 4.99. The van der Waals surface area contributed by atoms with Gasteiger partial charge in [-0.15, -0.1) is 0 Å². The summed E-state index contributed by atoms with van der Waals surface area (Å²) in [6.45, 7) is 3.72. The lowest BCUT2D eigenvalue weighted by Gasteiger charge is -2.37. The molecule has 0 unspecified atom stereocenters. The van der Waals surface area contributed by atoms with Crippen molar-refractivity contribution in [2.45, 2.75) is 18.9 Å². The largest absolute Gasteiger partial charge is 0.315 e. The van der Waals surface area contributed by atoms with Gasteiger partial charge in [-0.3, -0.25) is 0 Å². The molecule has 0 saturated carbocycles. The zero-order valence-electron chi connectivity index (χ0n) is 5.46. The number of hydrogen-bond acceptors (Lipinski definition) is 2. The van der Waals surface area contributed by atoms with Crippen molar-refractivity contribution in [1.29, 1.82) is 0 Å². The van der Waals surface area contributed by atoms with E-state index in [1.54, 1.807) is 0 Å². The third kappa shape index (κ3) is 0.992. The van der Waals surface area contributed by atoms with Gasteiger partial charge >= 0.3 is 0 Å². The first-order chi connectivity index (χ1) is 4.33. The van der Waals surface area contributed by atoms with E-state index >= 15 is 0 Å². The first kappa shape index (κ1) is 6.39. The highest BCUT2D eigenvalue weighted by Gasteiger charge is 2.33. The van der Waals surface area contributed by atoms with Crippen LogP contribution in [0.3, 0.4) is 0 Å². The van der Waals surface area contributed by atoms with Gasteiger partial charge in [0.2, 0.25) is 0 Å². The second-order valence-electron chi connectivity index (χ2n) is 2.37. The Morgan fingerprint density at radius 1 is 1.78 bits per heavy atom. The SMILES string of the molecule is CCC1(N=[N+]=[N-])CNC1. The molecular weight excluding hydrogens is 116 g/mol. The predicted molar refractivity (Wildman–Crippen MR) is 35.0 cm³/mol. The van der Waals surface area contributed by atoms with Crippen LogP contribution in [0.25, 0.3) is 10.4 Å². The Kier molecular flexibility index (Phi) is 1.60. The standard InChI is InChI=1S/C5H10N4/c1-2-5(8-9-6)3-7-4-5/h7H,2-4H2,1H3. The Morgan fingerprint density at radius 2 is 2.44 bits per heavy atom. The zero-order valence-corrected chi connectivity index (χ0v) is 5.46. The van der Waals surface area contributed by atoms with Crippen LogP contribution >= 0.6 is 0 Å². The lowest BCUT2D eigenvalue weighted by molar-refractivity contribution is 0.272. The van der Waals surface area contributed by atoms with Gasteiger partial charge in [-0.25, -0.2) is 0 Å². The molecule has 0 spiro atoms. The molecule has 1 heterocycles. The van der Waals surface area contributed by atoms with Crippen molar-refractivity contribution in [3.05, 3.63) is 10.4 Å². The van der Waals surface area contributed by atoms with Crippen LogP contribution in [0, 0.1) is 0 Å². The van der Waals surface area contributed by atoms with Crippen molar-refractivity contribution in [3.8, 4) is 0 Å². The predicted octanol–water partition coefficient (Wildman–Crippen LogP) is 1.05. The van der Waals surface area contributed by atoms with E-state index in [1.165, 1.54) is 0 Å². The Labute approximate surface area is 53.9 Å². The fourth-order valence-corrected chi connectivity index (χ4v) is 0.900. The summed E-state index contributed by atoms with van der Waals surface area (Å²) in [4.78, 5) is 2.79. The Morgan fingerprint density at radius 3 is 2.56 bits per heavy atom. The van der Waals surface area contributed by atoms with Gasteiger partial charge in [0.25, 0.3) is 0 Å². The van der Waals surface area contributed by atoms with E-state index < -0.39 is 0 Å². The van der Waals surface area contributed by atoms with Crippen LogP contribution in [0.2, 0.25) is 0 Å². The minimum absolute atomic E-state index is 0.0885. The number of hydrogen-bond donors (Lipinski definition) is 1. The van der Waals surface area contributed by atoms with Crippen LogP contribution in [0.4, 0.5) is 0 Å². The highest BCUT2D eigenvalue weighted by Crippen LogP contribution is 2.20. The average Bonchev–Trinajstić information content (AvgIpc) is 1.79. The van der Waals surface area contributed by atoms with E-state index in [0.29, 0.717) is 0 Å². The summed E-state index contributed by atoms with van der Waals surface area (Å²) in [6, 6.07) is 0. The molecule has 1 fully saturated rings. The third-order valence-electron chi connectivity index (χ3n) is 1.82. The van der Waals surface area contributed by atoms with Gasteiger partial charge in [-0.1, -0.05) is 12.0 Å². The van der Waals surface area contributed by atoms with Gasteiger partial charge < -0.3 is 5.32 Å².